The van der Waals surface area contributed by atoms with E-state index in [0.717, 1.165) is 22.5 Å². The summed E-state index contributed by atoms with van der Waals surface area (Å²) in [5.74, 6) is 0.831. The molecule has 28 heavy (non-hydrogen) atoms. The van der Waals surface area contributed by atoms with Crippen molar-refractivity contribution in [2.24, 2.45) is 0 Å². The summed E-state index contributed by atoms with van der Waals surface area (Å²) < 4.78 is 1.98. The second kappa shape index (κ2) is 8.99. The Kier molecular flexibility index (Phi) is 6.65. The average molecular weight is 435 g/mol. The third kappa shape index (κ3) is 4.51. The van der Waals surface area contributed by atoms with E-state index in [-0.39, 0.29) is 11.7 Å². The van der Waals surface area contributed by atoms with Crippen LogP contribution in [-0.2, 0) is 11.3 Å². The highest BCUT2D eigenvalue weighted by molar-refractivity contribution is 7.99. The van der Waals surface area contributed by atoms with Crippen LogP contribution < -0.4 is 5.32 Å². The Morgan fingerprint density at radius 3 is 2.64 bits per heavy atom. The van der Waals surface area contributed by atoms with Gasteiger partial charge in [-0.05, 0) is 50.1 Å². The summed E-state index contributed by atoms with van der Waals surface area (Å²) in [5.41, 5.74) is 3.47. The average Bonchev–Trinajstić information content (AvgIpc) is 3.09. The van der Waals surface area contributed by atoms with Gasteiger partial charge in [-0.3, -0.25) is 4.79 Å². The van der Waals surface area contributed by atoms with Crippen LogP contribution in [0.4, 0.5) is 5.69 Å². The minimum atomic E-state index is -0.124. The maximum absolute atomic E-state index is 12.4. The van der Waals surface area contributed by atoms with Crippen LogP contribution in [0.15, 0.2) is 41.6 Å². The van der Waals surface area contributed by atoms with Gasteiger partial charge in [-0.2, -0.15) is 0 Å². The number of amides is 1. The minimum Gasteiger partial charge on any atom is -0.325 e. The first-order chi connectivity index (χ1) is 13.4. The number of rotatable bonds is 6. The lowest BCUT2D eigenvalue weighted by atomic mass is 10.1. The number of carbonyl (C=O) groups is 1. The number of nitrogens with one attached hydrogen (secondary N) is 1. The van der Waals surface area contributed by atoms with Gasteiger partial charge < -0.3 is 9.88 Å². The summed E-state index contributed by atoms with van der Waals surface area (Å²) in [6.07, 6.45) is 0. The molecule has 0 aliphatic rings. The summed E-state index contributed by atoms with van der Waals surface area (Å²) in [5, 5.41) is 13.4. The summed E-state index contributed by atoms with van der Waals surface area (Å²) in [6.45, 7) is 6.53. The Morgan fingerprint density at radius 2 is 1.93 bits per heavy atom. The highest BCUT2D eigenvalue weighted by Crippen LogP contribution is 2.28. The number of nitrogens with zero attached hydrogens (tertiary/aromatic N) is 3. The van der Waals surface area contributed by atoms with Gasteiger partial charge >= 0.3 is 0 Å². The van der Waals surface area contributed by atoms with Gasteiger partial charge in [-0.1, -0.05) is 53.2 Å². The van der Waals surface area contributed by atoms with Crippen molar-refractivity contribution < 1.29 is 4.79 Å². The number of anilines is 1. The van der Waals surface area contributed by atoms with Crippen molar-refractivity contribution in [3.8, 4) is 11.4 Å². The van der Waals surface area contributed by atoms with E-state index in [0.29, 0.717) is 27.4 Å². The Balaban J connectivity index is 1.72. The van der Waals surface area contributed by atoms with E-state index < -0.39 is 0 Å². The van der Waals surface area contributed by atoms with Crippen LogP contribution >= 0.6 is 35.0 Å². The monoisotopic (exact) mass is 434 g/mol. The summed E-state index contributed by atoms with van der Waals surface area (Å²) in [6, 6.07) is 11.3. The van der Waals surface area contributed by atoms with Crippen LogP contribution in [-0.4, -0.2) is 26.4 Å². The second-order valence-electron chi connectivity index (χ2n) is 6.26. The van der Waals surface area contributed by atoms with Crippen LogP contribution in [0.3, 0.4) is 0 Å². The van der Waals surface area contributed by atoms with Crippen LogP contribution in [0.5, 0.6) is 0 Å². The molecule has 1 aromatic heterocycles. The van der Waals surface area contributed by atoms with Crippen molar-refractivity contribution in [2.45, 2.75) is 32.5 Å². The van der Waals surface area contributed by atoms with Crippen LogP contribution in [0.25, 0.3) is 11.4 Å². The fraction of sp³-hybridized carbons (Fsp3) is 0.250. The molecule has 0 fully saturated rings. The van der Waals surface area contributed by atoms with Crippen molar-refractivity contribution in [2.75, 3.05) is 11.1 Å². The molecular weight excluding hydrogens is 415 g/mol. The molecule has 0 atom stereocenters. The number of hydrogen-bond donors (Lipinski definition) is 1. The minimum absolute atomic E-state index is 0.124. The molecule has 0 unspecified atom stereocenters. The van der Waals surface area contributed by atoms with Crippen molar-refractivity contribution in [3.63, 3.8) is 0 Å². The van der Waals surface area contributed by atoms with Gasteiger partial charge in [0.15, 0.2) is 11.0 Å². The maximum Gasteiger partial charge on any atom is 0.234 e. The van der Waals surface area contributed by atoms with E-state index in [2.05, 4.69) is 15.5 Å². The molecular formula is C20H20Cl2N4OS. The fourth-order valence-corrected chi connectivity index (χ4v) is 3.84. The molecule has 0 bridgehead atoms. The second-order valence-corrected chi connectivity index (χ2v) is 8.02. The summed E-state index contributed by atoms with van der Waals surface area (Å²) in [4.78, 5) is 12.4. The zero-order valence-electron chi connectivity index (χ0n) is 15.8. The number of aryl methyl sites for hydroxylation is 1. The maximum atomic E-state index is 12.4. The molecule has 146 valence electrons. The molecule has 1 amide bonds. The molecule has 3 aromatic rings. The number of halogens is 2. The quantitative estimate of drug-likeness (QED) is 0.511. The first-order valence-electron chi connectivity index (χ1n) is 8.78. The highest BCUT2D eigenvalue weighted by Gasteiger charge is 2.16. The summed E-state index contributed by atoms with van der Waals surface area (Å²) in [7, 11) is 0. The van der Waals surface area contributed by atoms with Crippen molar-refractivity contribution in [1.29, 1.82) is 0 Å². The Hall–Kier alpha value is -2.02. The molecule has 3 rings (SSSR count). The molecule has 0 aliphatic heterocycles. The zero-order valence-corrected chi connectivity index (χ0v) is 18.1. The van der Waals surface area contributed by atoms with Gasteiger partial charge in [0.2, 0.25) is 5.91 Å². The van der Waals surface area contributed by atoms with Gasteiger partial charge in [-0.25, -0.2) is 0 Å². The number of benzene rings is 2. The SMILES string of the molecule is CCn1c(SCC(=O)Nc2cccc(Cl)c2C)nnc1-c1ccc(C)c(Cl)c1. The van der Waals surface area contributed by atoms with Gasteiger partial charge in [0.05, 0.1) is 5.75 Å². The molecule has 1 heterocycles. The number of aromatic nitrogens is 3. The van der Waals surface area contributed by atoms with Gasteiger partial charge in [0, 0.05) is 27.8 Å². The Labute approximate surface area is 178 Å². The zero-order chi connectivity index (χ0) is 20.3. The van der Waals surface area contributed by atoms with E-state index in [9.17, 15) is 4.79 Å². The van der Waals surface area contributed by atoms with Gasteiger partial charge in [0.1, 0.15) is 0 Å². The molecule has 0 aliphatic carbocycles. The van der Waals surface area contributed by atoms with Crippen LogP contribution in [0.1, 0.15) is 18.1 Å². The third-order valence-corrected chi connectivity index (χ3v) is 6.12. The van der Waals surface area contributed by atoms with Gasteiger partial charge in [0.25, 0.3) is 0 Å². The molecule has 8 heteroatoms. The molecule has 0 spiro atoms. The topological polar surface area (TPSA) is 59.8 Å². The molecule has 2 aromatic carbocycles. The van der Waals surface area contributed by atoms with E-state index in [1.807, 2.05) is 55.7 Å². The predicted molar refractivity (Wildman–Crippen MR) is 116 cm³/mol. The third-order valence-electron chi connectivity index (χ3n) is 4.34. The predicted octanol–water partition coefficient (Wildman–Crippen LogP) is 5.62. The molecule has 0 saturated carbocycles. The number of carbonyl (C=O) groups excluding carboxylic acids is 1. The Morgan fingerprint density at radius 1 is 1.14 bits per heavy atom. The molecule has 0 saturated heterocycles. The largest absolute Gasteiger partial charge is 0.325 e. The van der Waals surface area contributed by atoms with Crippen molar-refractivity contribution >= 4 is 46.6 Å². The van der Waals surface area contributed by atoms with E-state index in [1.54, 1.807) is 6.07 Å². The highest BCUT2D eigenvalue weighted by atomic mass is 35.5. The first-order valence-corrected chi connectivity index (χ1v) is 10.5. The van der Waals surface area contributed by atoms with E-state index in [1.165, 1.54) is 11.8 Å². The van der Waals surface area contributed by atoms with E-state index in [4.69, 9.17) is 23.2 Å². The van der Waals surface area contributed by atoms with Crippen LogP contribution in [0, 0.1) is 13.8 Å². The molecule has 0 radical (unpaired) electrons. The fourth-order valence-electron chi connectivity index (χ4n) is 2.69. The summed E-state index contributed by atoms with van der Waals surface area (Å²) >= 11 is 13.7. The van der Waals surface area contributed by atoms with Gasteiger partial charge in [-0.15, -0.1) is 10.2 Å². The standard InChI is InChI=1S/C20H20Cl2N4OS/c1-4-26-19(14-9-8-12(2)16(22)10-14)24-25-20(26)28-11-18(27)23-17-7-5-6-15(21)13(17)3/h5-10H,4,11H2,1-3H3,(H,23,27). The Bertz CT molecular complexity index is 1020. The molecule has 1 N–H and O–H groups in total. The lowest BCUT2D eigenvalue weighted by Gasteiger charge is -2.10. The number of thioether (sulfide) groups is 1. The van der Waals surface area contributed by atoms with E-state index >= 15 is 0 Å². The van der Waals surface area contributed by atoms with Crippen molar-refractivity contribution in [1.82, 2.24) is 14.8 Å². The lowest BCUT2D eigenvalue weighted by molar-refractivity contribution is -0.113. The number of hydrogen-bond acceptors (Lipinski definition) is 4. The normalized spacial score (nSPS) is 10.9. The first kappa shape index (κ1) is 20.7. The van der Waals surface area contributed by atoms with Crippen molar-refractivity contribution in [3.05, 3.63) is 57.6 Å². The smallest absolute Gasteiger partial charge is 0.234 e. The lowest BCUT2D eigenvalue weighted by Crippen LogP contribution is -2.15. The molecule has 5 nitrogen and oxygen atoms in total. The van der Waals surface area contributed by atoms with Crippen LogP contribution in [0.2, 0.25) is 10.0 Å².